The third-order valence-electron chi connectivity index (χ3n) is 3.52. The maximum absolute atomic E-state index is 11.9. The molecule has 0 aliphatic rings. The lowest BCUT2D eigenvalue weighted by Crippen LogP contribution is -2.28. The van der Waals surface area contributed by atoms with Gasteiger partial charge >= 0.3 is 0 Å². The minimum Gasteiger partial charge on any atom is -0.493 e. The van der Waals surface area contributed by atoms with Crippen molar-refractivity contribution in [3.63, 3.8) is 0 Å². The number of aromatic nitrogens is 1. The fourth-order valence-electron chi connectivity index (χ4n) is 2.23. The number of para-hydroxylation sites is 2. The van der Waals surface area contributed by atoms with Gasteiger partial charge in [0.25, 0.3) is 5.91 Å². The van der Waals surface area contributed by atoms with E-state index < -0.39 is 0 Å². The molecule has 1 N–H and O–H groups in total. The topological polar surface area (TPSA) is 73.6 Å². The summed E-state index contributed by atoms with van der Waals surface area (Å²) in [6, 6.07) is 14.6. The molecule has 6 heteroatoms. The van der Waals surface area contributed by atoms with Crippen molar-refractivity contribution >= 4 is 5.91 Å². The van der Waals surface area contributed by atoms with Crippen molar-refractivity contribution in [2.75, 3.05) is 13.7 Å². The smallest absolute Gasteiger partial charge is 0.258 e. The molecule has 0 saturated heterocycles. The largest absolute Gasteiger partial charge is 0.493 e. The van der Waals surface area contributed by atoms with Gasteiger partial charge in [-0.15, -0.1) is 0 Å². The summed E-state index contributed by atoms with van der Waals surface area (Å²) in [4.78, 5) is 16.3. The van der Waals surface area contributed by atoms with Crippen molar-refractivity contribution in [2.24, 2.45) is 0 Å². The van der Waals surface area contributed by atoms with Gasteiger partial charge in [0, 0.05) is 12.7 Å². The Balaban J connectivity index is 1.49. The Hall–Kier alpha value is -3.28. The number of carbonyl (C=O) groups is 1. The van der Waals surface area contributed by atoms with Gasteiger partial charge in [0.1, 0.15) is 5.69 Å². The highest BCUT2D eigenvalue weighted by Gasteiger charge is 2.07. The van der Waals surface area contributed by atoms with Crippen molar-refractivity contribution in [3.05, 3.63) is 66.6 Å². The maximum Gasteiger partial charge on any atom is 0.258 e. The summed E-state index contributed by atoms with van der Waals surface area (Å²) in [5, 5.41) is 2.79. The SMILES string of the molecule is COc1ccccc1OCC(=O)NCc1ccc(-c2ccco2)nc1. The number of pyridine rings is 1. The molecule has 0 saturated carbocycles. The highest BCUT2D eigenvalue weighted by atomic mass is 16.5. The van der Waals surface area contributed by atoms with E-state index in [9.17, 15) is 4.79 Å². The molecule has 0 atom stereocenters. The standard InChI is InChI=1S/C19H18N2O4/c1-23-17-5-2-3-6-18(17)25-13-19(22)21-12-14-8-9-15(20-11-14)16-7-4-10-24-16/h2-11H,12-13H2,1H3,(H,21,22). The average Bonchev–Trinajstić information content (AvgIpc) is 3.20. The molecule has 0 spiro atoms. The number of ether oxygens (including phenoxy) is 2. The molecule has 1 amide bonds. The zero-order chi connectivity index (χ0) is 17.5. The normalized spacial score (nSPS) is 10.3. The molecule has 0 aliphatic carbocycles. The monoisotopic (exact) mass is 338 g/mol. The molecule has 0 unspecified atom stereocenters. The first kappa shape index (κ1) is 16.6. The Morgan fingerprint density at radius 3 is 2.64 bits per heavy atom. The van der Waals surface area contributed by atoms with E-state index in [1.54, 1.807) is 31.7 Å². The summed E-state index contributed by atoms with van der Waals surface area (Å²) in [5.41, 5.74) is 1.64. The number of methoxy groups -OCH3 is 1. The molecule has 0 fully saturated rings. The fraction of sp³-hybridized carbons (Fsp3) is 0.158. The molecular weight excluding hydrogens is 320 g/mol. The summed E-state index contributed by atoms with van der Waals surface area (Å²) in [6.07, 6.45) is 3.31. The van der Waals surface area contributed by atoms with Crippen LogP contribution in [0.5, 0.6) is 11.5 Å². The van der Waals surface area contributed by atoms with E-state index in [4.69, 9.17) is 13.9 Å². The van der Waals surface area contributed by atoms with E-state index in [2.05, 4.69) is 10.3 Å². The molecule has 1 aromatic carbocycles. The first-order valence-electron chi connectivity index (χ1n) is 7.77. The third kappa shape index (κ3) is 4.38. The van der Waals surface area contributed by atoms with Gasteiger partial charge in [-0.2, -0.15) is 0 Å². The molecule has 25 heavy (non-hydrogen) atoms. The number of nitrogens with zero attached hydrogens (tertiary/aromatic N) is 1. The fourth-order valence-corrected chi connectivity index (χ4v) is 2.23. The van der Waals surface area contributed by atoms with Crippen molar-refractivity contribution in [2.45, 2.75) is 6.54 Å². The predicted octanol–water partition coefficient (Wildman–Crippen LogP) is 3.05. The average molecular weight is 338 g/mol. The zero-order valence-corrected chi connectivity index (χ0v) is 13.8. The van der Waals surface area contributed by atoms with Crippen LogP contribution < -0.4 is 14.8 Å². The second-order valence-corrected chi connectivity index (χ2v) is 5.25. The second-order valence-electron chi connectivity index (χ2n) is 5.25. The number of rotatable bonds is 7. The van der Waals surface area contributed by atoms with Crippen molar-refractivity contribution < 1.29 is 18.7 Å². The molecule has 6 nitrogen and oxygen atoms in total. The maximum atomic E-state index is 11.9. The number of nitrogens with one attached hydrogen (secondary N) is 1. The first-order valence-corrected chi connectivity index (χ1v) is 7.77. The molecular formula is C19H18N2O4. The summed E-state index contributed by atoms with van der Waals surface area (Å²) >= 11 is 0. The molecule has 2 heterocycles. The van der Waals surface area contributed by atoms with Crippen LogP contribution in [-0.4, -0.2) is 24.6 Å². The number of benzene rings is 1. The van der Waals surface area contributed by atoms with Crippen LogP contribution in [0.15, 0.2) is 65.4 Å². The van der Waals surface area contributed by atoms with Crippen molar-refractivity contribution in [1.82, 2.24) is 10.3 Å². The van der Waals surface area contributed by atoms with Gasteiger partial charge in [-0.25, -0.2) is 0 Å². The molecule has 2 aromatic heterocycles. The Morgan fingerprint density at radius 2 is 1.96 bits per heavy atom. The van der Waals surface area contributed by atoms with Gasteiger partial charge in [0.05, 0.1) is 13.4 Å². The van der Waals surface area contributed by atoms with Crippen LogP contribution in [0.2, 0.25) is 0 Å². The van der Waals surface area contributed by atoms with Crippen LogP contribution in [0.25, 0.3) is 11.5 Å². The number of amides is 1. The number of carbonyl (C=O) groups excluding carboxylic acids is 1. The van der Waals surface area contributed by atoms with Gasteiger partial charge in [0.2, 0.25) is 0 Å². The van der Waals surface area contributed by atoms with E-state index in [0.29, 0.717) is 23.8 Å². The van der Waals surface area contributed by atoms with Gasteiger partial charge < -0.3 is 19.2 Å². The zero-order valence-electron chi connectivity index (χ0n) is 13.8. The van der Waals surface area contributed by atoms with E-state index in [-0.39, 0.29) is 12.5 Å². The van der Waals surface area contributed by atoms with Gasteiger partial charge in [0.15, 0.2) is 23.9 Å². The minimum absolute atomic E-state index is 0.0850. The molecule has 128 valence electrons. The summed E-state index contributed by atoms with van der Waals surface area (Å²) in [6.45, 7) is 0.290. The molecule has 0 bridgehead atoms. The highest BCUT2D eigenvalue weighted by Crippen LogP contribution is 2.25. The quantitative estimate of drug-likeness (QED) is 0.717. The van der Waals surface area contributed by atoms with E-state index in [1.807, 2.05) is 36.4 Å². The summed E-state index contributed by atoms with van der Waals surface area (Å²) < 4.78 is 15.9. The Labute approximate surface area is 145 Å². The lowest BCUT2D eigenvalue weighted by Gasteiger charge is -2.10. The van der Waals surface area contributed by atoms with Crippen molar-refractivity contribution in [1.29, 1.82) is 0 Å². The van der Waals surface area contributed by atoms with E-state index in [1.165, 1.54) is 0 Å². The number of hydrogen-bond donors (Lipinski definition) is 1. The Morgan fingerprint density at radius 1 is 1.12 bits per heavy atom. The van der Waals surface area contributed by atoms with Crippen LogP contribution >= 0.6 is 0 Å². The third-order valence-corrected chi connectivity index (χ3v) is 3.52. The Kier molecular flexibility index (Phi) is 5.31. The van der Waals surface area contributed by atoms with Gasteiger partial charge in [-0.05, 0) is 35.9 Å². The minimum atomic E-state index is -0.221. The van der Waals surface area contributed by atoms with Gasteiger partial charge in [-0.1, -0.05) is 18.2 Å². The second kappa shape index (κ2) is 8.01. The van der Waals surface area contributed by atoms with E-state index in [0.717, 1.165) is 11.3 Å². The summed E-state index contributed by atoms with van der Waals surface area (Å²) in [5.74, 6) is 1.61. The van der Waals surface area contributed by atoms with Crippen LogP contribution in [0.1, 0.15) is 5.56 Å². The van der Waals surface area contributed by atoms with Crippen LogP contribution in [0, 0.1) is 0 Å². The van der Waals surface area contributed by atoms with Crippen LogP contribution in [-0.2, 0) is 11.3 Å². The molecule has 3 aromatic rings. The van der Waals surface area contributed by atoms with Crippen LogP contribution in [0.3, 0.4) is 0 Å². The highest BCUT2D eigenvalue weighted by molar-refractivity contribution is 5.77. The first-order chi connectivity index (χ1) is 12.3. The van der Waals surface area contributed by atoms with Crippen molar-refractivity contribution in [3.8, 4) is 23.0 Å². The van der Waals surface area contributed by atoms with Gasteiger partial charge in [-0.3, -0.25) is 9.78 Å². The summed E-state index contributed by atoms with van der Waals surface area (Å²) in [7, 11) is 1.56. The predicted molar refractivity (Wildman–Crippen MR) is 92.3 cm³/mol. The molecule has 0 aliphatic heterocycles. The van der Waals surface area contributed by atoms with E-state index >= 15 is 0 Å². The lowest BCUT2D eigenvalue weighted by molar-refractivity contribution is -0.123. The molecule has 0 radical (unpaired) electrons. The lowest BCUT2D eigenvalue weighted by atomic mass is 10.2. The number of furan rings is 1. The Bertz CT molecular complexity index is 814. The molecule has 3 rings (SSSR count). The van der Waals surface area contributed by atoms with Crippen LogP contribution in [0.4, 0.5) is 0 Å². The number of hydrogen-bond acceptors (Lipinski definition) is 5.